The lowest BCUT2D eigenvalue weighted by Gasteiger charge is -2.20. The van der Waals surface area contributed by atoms with E-state index in [4.69, 9.17) is 27.9 Å². The summed E-state index contributed by atoms with van der Waals surface area (Å²) in [5.74, 6) is 1.30. The first-order valence-corrected chi connectivity index (χ1v) is 6.23. The van der Waals surface area contributed by atoms with E-state index in [1.165, 1.54) is 0 Å². The molecule has 0 saturated carbocycles. The maximum atomic E-state index is 11.5. The number of carbonyl (C=O) groups excluding carboxylic acids is 1. The molecule has 0 aliphatic heterocycles. The number of ether oxygens (including phenoxy) is 1. The first-order chi connectivity index (χ1) is 8.26. The molecule has 1 amide bonds. The molecule has 0 unspecified atom stereocenters. The number of nitrogens with zero attached hydrogens (tertiary/aromatic N) is 1. The average Bonchev–Trinajstić information content (AvgIpc) is 2.30. The first kappa shape index (κ1) is 14.1. The third-order valence-corrected chi connectivity index (χ3v) is 2.25. The lowest BCUT2D eigenvalue weighted by atomic mass is 10.3. The number of amides is 1. The molecule has 0 bridgehead atoms. The molecule has 0 atom stereocenters. The van der Waals surface area contributed by atoms with Crippen molar-refractivity contribution in [2.24, 2.45) is 0 Å². The van der Waals surface area contributed by atoms with E-state index in [2.05, 4.69) is 5.43 Å². The molecule has 17 heavy (non-hydrogen) atoms. The summed E-state index contributed by atoms with van der Waals surface area (Å²) in [7, 11) is 0. The molecule has 0 fully saturated rings. The Bertz CT molecular complexity index is 330. The fourth-order valence-electron chi connectivity index (χ4n) is 1.18. The highest BCUT2D eigenvalue weighted by molar-refractivity contribution is 6.18. The van der Waals surface area contributed by atoms with E-state index in [9.17, 15) is 4.79 Å². The van der Waals surface area contributed by atoms with Crippen LogP contribution in [-0.2, 0) is 0 Å². The Balaban J connectivity index is 2.42. The van der Waals surface area contributed by atoms with Crippen molar-refractivity contribution in [2.75, 3.05) is 24.8 Å². The number of carbonyl (C=O) groups is 1. The molecule has 6 heteroatoms. The minimum atomic E-state index is -0.550. The van der Waals surface area contributed by atoms with Crippen LogP contribution in [0.15, 0.2) is 30.3 Å². The summed E-state index contributed by atoms with van der Waals surface area (Å²) in [6, 6.07) is 8.83. The molecule has 1 rings (SSSR count). The Kier molecular flexibility index (Phi) is 6.77. The van der Waals surface area contributed by atoms with Crippen molar-refractivity contribution < 1.29 is 9.53 Å². The van der Waals surface area contributed by atoms with Crippen molar-refractivity contribution in [2.45, 2.75) is 0 Å². The van der Waals surface area contributed by atoms with Crippen LogP contribution in [0.2, 0.25) is 0 Å². The highest BCUT2D eigenvalue weighted by atomic mass is 35.5. The molecule has 4 nitrogen and oxygen atoms in total. The van der Waals surface area contributed by atoms with E-state index in [0.717, 1.165) is 0 Å². The highest BCUT2D eigenvalue weighted by Gasteiger charge is 2.09. The van der Waals surface area contributed by atoms with Gasteiger partial charge in [-0.05, 0) is 12.1 Å². The molecule has 1 aromatic carbocycles. The van der Waals surface area contributed by atoms with Crippen LogP contribution in [0.25, 0.3) is 0 Å². The molecule has 0 aliphatic rings. The van der Waals surface area contributed by atoms with E-state index in [0.29, 0.717) is 30.6 Å². The summed E-state index contributed by atoms with van der Waals surface area (Å²) in [5.41, 5.74) is 2.57. The number of benzene rings is 1. The van der Waals surface area contributed by atoms with Gasteiger partial charge in [0.05, 0.1) is 0 Å². The molecule has 0 radical (unpaired) electrons. The minimum absolute atomic E-state index is 0.405. The number of hydrogen-bond donors (Lipinski definition) is 1. The van der Waals surface area contributed by atoms with Gasteiger partial charge in [-0.1, -0.05) is 18.2 Å². The van der Waals surface area contributed by atoms with Gasteiger partial charge in [0.25, 0.3) is 0 Å². The second-order valence-electron chi connectivity index (χ2n) is 3.18. The number of alkyl halides is 2. The molecular formula is C11H14Cl2N2O2. The molecular weight excluding hydrogens is 263 g/mol. The zero-order valence-corrected chi connectivity index (χ0v) is 10.7. The van der Waals surface area contributed by atoms with E-state index in [-0.39, 0.29) is 0 Å². The number of hydrazine groups is 1. The lowest BCUT2D eigenvalue weighted by molar-refractivity contribution is 0.152. The van der Waals surface area contributed by atoms with Gasteiger partial charge < -0.3 is 4.74 Å². The quantitative estimate of drug-likeness (QED) is 0.641. The van der Waals surface area contributed by atoms with Gasteiger partial charge in [0, 0.05) is 24.8 Å². The molecule has 94 valence electrons. The zero-order valence-electron chi connectivity index (χ0n) is 9.23. The Labute approximate surface area is 110 Å². The van der Waals surface area contributed by atoms with Crippen LogP contribution in [0, 0.1) is 0 Å². The van der Waals surface area contributed by atoms with Gasteiger partial charge >= 0.3 is 6.09 Å². The molecule has 0 aliphatic carbocycles. The van der Waals surface area contributed by atoms with Gasteiger partial charge in [-0.15, -0.1) is 23.2 Å². The summed E-state index contributed by atoms with van der Waals surface area (Å²) in [4.78, 5) is 11.5. The van der Waals surface area contributed by atoms with Crippen LogP contribution in [0.3, 0.4) is 0 Å². The first-order valence-electron chi connectivity index (χ1n) is 5.16. The fourth-order valence-corrected chi connectivity index (χ4v) is 1.58. The summed E-state index contributed by atoms with van der Waals surface area (Å²) < 4.78 is 5.06. The molecule has 0 saturated heterocycles. The summed E-state index contributed by atoms with van der Waals surface area (Å²) in [5, 5.41) is 1.62. The van der Waals surface area contributed by atoms with Crippen LogP contribution in [0.4, 0.5) is 4.79 Å². The van der Waals surface area contributed by atoms with Gasteiger partial charge in [-0.3, -0.25) is 5.43 Å². The van der Waals surface area contributed by atoms with Crippen LogP contribution in [-0.4, -0.2) is 36.0 Å². The second-order valence-corrected chi connectivity index (χ2v) is 3.94. The number of hydrogen-bond acceptors (Lipinski definition) is 3. The van der Waals surface area contributed by atoms with Crippen molar-refractivity contribution >= 4 is 29.3 Å². The van der Waals surface area contributed by atoms with E-state index in [1.807, 2.05) is 6.07 Å². The maximum Gasteiger partial charge on any atom is 0.427 e. The number of rotatable bonds is 6. The SMILES string of the molecule is O=C(NN(CCCl)CCCl)Oc1ccccc1. The van der Waals surface area contributed by atoms with E-state index in [1.54, 1.807) is 29.3 Å². The lowest BCUT2D eigenvalue weighted by Crippen LogP contribution is -2.45. The Morgan fingerprint density at radius 2 is 1.76 bits per heavy atom. The zero-order chi connectivity index (χ0) is 12.5. The van der Waals surface area contributed by atoms with Gasteiger partial charge in [0.1, 0.15) is 5.75 Å². The Morgan fingerprint density at radius 1 is 1.18 bits per heavy atom. The van der Waals surface area contributed by atoms with Gasteiger partial charge in [-0.25, -0.2) is 9.80 Å². The van der Waals surface area contributed by atoms with E-state index >= 15 is 0 Å². The third-order valence-electron chi connectivity index (χ3n) is 1.91. The standard InChI is InChI=1S/C11H14Cl2N2O2/c12-6-8-15(9-7-13)14-11(16)17-10-4-2-1-3-5-10/h1-5H,6-9H2,(H,14,16). The van der Waals surface area contributed by atoms with Crippen LogP contribution in [0.5, 0.6) is 5.75 Å². The fraction of sp³-hybridized carbons (Fsp3) is 0.364. The topological polar surface area (TPSA) is 41.6 Å². The minimum Gasteiger partial charge on any atom is -0.409 e. The van der Waals surface area contributed by atoms with Crippen molar-refractivity contribution in [3.63, 3.8) is 0 Å². The van der Waals surface area contributed by atoms with Crippen LogP contribution in [0.1, 0.15) is 0 Å². The molecule has 1 aromatic rings. The van der Waals surface area contributed by atoms with Crippen molar-refractivity contribution in [3.8, 4) is 5.75 Å². The smallest absolute Gasteiger partial charge is 0.409 e. The molecule has 1 N–H and O–H groups in total. The third kappa shape index (κ3) is 5.77. The van der Waals surface area contributed by atoms with Gasteiger partial charge in [0.15, 0.2) is 0 Å². The molecule has 0 aromatic heterocycles. The van der Waals surface area contributed by atoms with Crippen molar-refractivity contribution in [1.29, 1.82) is 0 Å². The highest BCUT2D eigenvalue weighted by Crippen LogP contribution is 2.08. The molecule has 0 spiro atoms. The molecule has 0 heterocycles. The van der Waals surface area contributed by atoms with Crippen molar-refractivity contribution in [1.82, 2.24) is 10.4 Å². The number of halogens is 2. The summed E-state index contributed by atoms with van der Waals surface area (Å²) in [6.45, 7) is 1.02. The Hall–Kier alpha value is -0.970. The largest absolute Gasteiger partial charge is 0.427 e. The van der Waals surface area contributed by atoms with Gasteiger partial charge in [0.2, 0.25) is 0 Å². The summed E-state index contributed by atoms with van der Waals surface area (Å²) in [6.07, 6.45) is -0.550. The average molecular weight is 277 g/mol. The monoisotopic (exact) mass is 276 g/mol. The maximum absolute atomic E-state index is 11.5. The van der Waals surface area contributed by atoms with Crippen LogP contribution < -0.4 is 10.2 Å². The Morgan fingerprint density at radius 3 is 2.29 bits per heavy atom. The van der Waals surface area contributed by atoms with E-state index < -0.39 is 6.09 Å². The number of para-hydroxylation sites is 1. The second kappa shape index (κ2) is 8.17. The number of nitrogens with one attached hydrogen (secondary N) is 1. The van der Waals surface area contributed by atoms with Crippen molar-refractivity contribution in [3.05, 3.63) is 30.3 Å². The van der Waals surface area contributed by atoms with Gasteiger partial charge in [-0.2, -0.15) is 0 Å². The van der Waals surface area contributed by atoms with Crippen LogP contribution >= 0.6 is 23.2 Å². The predicted molar refractivity (Wildman–Crippen MR) is 68.6 cm³/mol. The predicted octanol–water partition coefficient (Wildman–Crippen LogP) is 2.47. The normalized spacial score (nSPS) is 10.3. The summed E-state index contributed by atoms with van der Waals surface area (Å²) >= 11 is 11.2.